The highest BCUT2D eigenvalue weighted by Gasteiger charge is 2.12. The minimum absolute atomic E-state index is 0.198. The molecule has 0 aromatic carbocycles. The number of carbonyl (C=O) groups excluding carboxylic acids is 2. The van der Waals surface area contributed by atoms with Crippen molar-refractivity contribution in [1.29, 1.82) is 0 Å². The van der Waals surface area contributed by atoms with Gasteiger partial charge in [0.15, 0.2) is 0 Å². The standard InChI is InChI=1S/C8H7ClN2O3/c1-11(7(12)8(13)14)6-3-2-5(9)4-10-6/h2-4H,1H3,(H,13,14)/p-1. The number of pyridine rings is 1. The van der Waals surface area contributed by atoms with E-state index in [0.29, 0.717) is 5.02 Å². The van der Waals surface area contributed by atoms with Crippen LogP contribution in [0, 0.1) is 0 Å². The molecule has 0 atom stereocenters. The Hall–Kier alpha value is -1.62. The van der Waals surface area contributed by atoms with Gasteiger partial charge in [0.05, 0.1) is 5.02 Å². The number of likely N-dealkylation sites (N-methyl/N-ethyl adjacent to an activating group) is 1. The summed E-state index contributed by atoms with van der Waals surface area (Å²) in [4.78, 5) is 25.8. The number of hydrogen-bond donors (Lipinski definition) is 0. The van der Waals surface area contributed by atoms with Gasteiger partial charge in [0.1, 0.15) is 11.8 Å². The third-order valence-corrected chi connectivity index (χ3v) is 1.76. The van der Waals surface area contributed by atoms with Crippen molar-refractivity contribution in [2.45, 2.75) is 0 Å². The quantitative estimate of drug-likeness (QED) is 0.587. The smallest absolute Gasteiger partial charge is 0.274 e. The van der Waals surface area contributed by atoms with Crippen molar-refractivity contribution in [3.63, 3.8) is 0 Å². The Kier molecular flexibility index (Phi) is 3.03. The third-order valence-electron chi connectivity index (χ3n) is 1.53. The fraction of sp³-hybridized carbons (Fsp3) is 0.125. The summed E-state index contributed by atoms with van der Waals surface area (Å²) in [6.07, 6.45) is 1.32. The Balaban J connectivity index is 2.89. The minimum atomic E-state index is -1.77. The maximum absolute atomic E-state index is 10.9. The summed E-state index contributed by atoms with van der Waals surface area (Å²) in [5.41, 5.74) is 0. The van der Waals surface area contributed by atoms with E-state index in [1.165, 1.54) is 25.4 Å². The highest BCUT2D eigenvalue weighted by Crippen LogP contribution is 2.12. The molecular formula is C8H6ClN2O3-. The van der Waals surface area contributed by atoms with E-state index in [4.69, 9.17) is 11.6 Å². The first-order valence-electron chi connectivity index (χ1n) is 3.63. The summed E-state index contributed by atoms with van der Waals surface area (Å²) in [5.74, 6) is -2.73. The Morgan fingerprint density at radius 1 is 1.50 bits per heavy atom. The van der Waals surface area contributed by atoms with Gasteiger partial charge in [-0.3, -0.25) is 9.69 Å². The molecule has 0 saturated carbocycles. The summed E-state index contributed by atoms with van der Waals surface area (Å²) in [6, 6.07) is 2.94. The third kappa shape index (κ3) is 2.20. The number of aliphatic carboxylic acids is 1. The molecule has 1 aromatic heterocycles. The van der Waals surface area contributed by atoms with Crippen molar-refractivity contribution in [3.05, 3.63) is 23.4 Å². The van der Waals surface area contributed by atoms with E-state index < -0.39 is 11.9 Å². The fourth-order valence-electron chi connectivity index (χ4n) is 0.807. The van der Waals surface area contributed by atoms with Crippen molar-refractivity contribution in [1.82, 2.24) is 4.98 Å². The zero-order chi connectivity index (χ0) is 10.7. The lowest BCUT2D eigenvalue weighted by Gasteiger charge is -2.15. The summed E-state index contributed by atoms with van der Waals surface area (Å²) in [7, 11) is 1.29. The topological polar surface area (TPSA) is 73.3 Å². The second-order valence-electron chi connectivity index (χ2n) is 2.49. The molecule has 0 N–H and O–H groups in total. The lowest BCUT2D eigenvalue weighted by atomic mass is 10.4. The van der Waals surface area contributed by atoms with Crippen molar-refractivity contribution >= 4 is 29.3 Å². The van der Waals surface area contributed by atoms with Crippen LogP contribution < -0.4 is 10.0 Å². The van der Waals surface area contributed by atoms with Gasteiger partial charge in [0, 0.05) is 13.2 Å². The van der Waals surface area contributed by atoms with Crippen LogP contribution in [0.4, 0.5) is 5.82 Å². The molecule has 0 spiro atoms. The van der Waals surface area contributed by atoms with Crippen LogP contribution in [-0.2, 0) is 9.59 Å². The number of aromatic nitrogens is 1. The van der Waals surface area contributed by atoms with Crippen molar-refractivity contribution in [2.24, 2.45) is 0 Å². The Labute approximate surface area is 84.9 Å². The predicted octanol–water partition coefficient (Wildman–Crippen LogP) is -0.552. The number of anilines is 1. The van der Waals surface area contributed by atoms with E-state index in [2.05, 4.69) is 4.98 Å². The SMILES string of the molecule is CN(C(=O)C(=O)[O-])c1ccc(Cl)cn1. The predicted molar refractivity (Wildman–Crippen MR) is 47.7 cm³/mol. The molecule has 0 aliphatic rings. The van der Waals surface area contributed by atoms with E-state index >= 15 is 0 Å². The van der Waals surface area contributed by atoms with Gasteiger partial charge in [0.25, 0.3) is 5.91 Å². The molecule has 1 rings (SSSR count). The van der Waals surface area contributed by atoms with Gasteiger partial charge >= 0.3 is 0 Å². The van der Waals surface area contributed by atoms with E-state index in [1.807, 2.05) is 0 Å². The van der Waals surface area contributed by atoms with E-state index in [-0.39, 0.29) is 5.82 Å². The molecule has 0 aliphatic carbocycles. The zero-order valence-corrected chi connectivity index (χ0v) is 7.99. The molecule has 14 heavy (non-hydrogen) atoms. The average molecular weight is 214 g/mol. The van der Waals surface area contributed by atoms with Crippen LogP contribution in [0.2, 0.25) is 5.02 Å². The zero-order valence-electron chi connectivity index (χ0n) is 7.23. The van der Waals surface area contributed by atoms with Crippen molar-refractivity contribution < 1.29 is 14.7 Å². The molecule has 0 aliphatic heterocycles. The van der Waals surface area contributed by atoms with Crippen LogP contribution in [0.15, 0.2) is 18.3 Å². The highest BCUT2D eigenvalue weighted by atomic mass is 35.5. The number of halogens is 1. The van der Waals surface area contributed by atoms with Crippen LogP contribution in [0.25, 0.3) is 0 Å². The lowest BCUT2D eigenvalue weighted by molar-refractivity contribution is -0.299. The Morgan fingerprint density at radius 2 is 2.14 bits per heavy atom. The molecular weight excluding hydrogens is 208 g/mol. The van der Waals surface area contributed by atoms with Crippen LogP contribution in [0.1, 0.15) is 0 Å². The molecule has 5 nitrogen and oxygen atoms in total. The van der Waals surface area contributed by atoms with E-state index in [9.17, 15) is 14.7 Å². The summed E-state index contributed by atoms with van der Waals surface area (Å²) in [6.45, 7) is 0. The van der Waals surface area contributed by atoms with Crippen molar-refractivity contribution in [2.75, 3.05) is 11.9 Å². The summed E-state index contributed by atoms with van der Waals surface area (Å²) >= 11 is 5.56. The number of nitrogens with zero attached hydrogens (tertiary/aromatic N) is 2. The molecule has 0 bridgehead atoms. The number of rotatable bonds is 1. The molecule has 0 radical (unpaired) electrons. The maximum Gasteiger partial charge on any atom is 0.274 e. The van der Waals surface area contributed by atoms with Gasteiger partial charge in [0.2, 0.25) is 0 Å². The van der Waals surface area contributed by atoms with E-state index in [0.717, 1.165) is 4.90 Å². The normalized spacial score (nSPS) is 9.57. The van der Waals surface area contributed by atoms with Crippen LogP contribution in [-0.4, -0.2) is 23.9 Å². The van der Waals surface area contributed by atoms with Gasteiger partial charge in [-0.15, -0.1) is 0 Å². The number of carbonyl (C=O) groups is 2. The van der Waals surface area contributed by atoms with E-state index in [1.54, 1.807) is 0 Å². The first-order chi connectivity index (χ1) is 6.52. The van der Waals surface area contributed by atoms with Crippen LogP contribution >= 0.6 is 11.6 Å². The number of amides is 1. The molecule has 1 aromatic rings. The second-order valence-corrected chi connectivity index (χ2v) is 2.92. The van der Waals surface area contributed by atoms with Gasteiger partial charge in [-0.25, -0.2) is 4.98 Å². The Bertz CT molecular complexity index is 363. The lowest BCUT2D eigenvalue weighted by Crippen LogP contribution is -2.42. The van der Waals surface area contributed by atoms with Gasteiger partial charge < -0.3 is 9.90 Å². The largest absolute Gasteiger partial charge is 0.540 e. The highest BCUT2D eigenvalue weighted by molar-refractivity contribution is 6.36. The van der Waals surface area contributed by atoms with Gasteiger partial charge in [-0.1, -0.05) is 11.6 Å². The summed E-state index contributed by atoms with van der Waals surface area (Å²) < 4.78 is 0. The molecule has 1 heterocycles. The second kappa shape index (κ2) is 4.06. The van der Waals surface area contributed by atoms with Gasteiger partial charge in [-0.2, -0.15) is 0 Å². The van der Waals surface area contributed by atoms with Gasteiger partial charge in [-0.05, 0) is 12.1 Å². The average Bonchev–Trinajstić information content (AvgIpc) is 2.16. The molecule has 74 valence electrons. The first kappa shape index (κ1) is 10.5. The number of carboxylic acids is 1. The first-order valence-corrected chi connectivity index (χ1v) is 4.00. The summed E-state index contributed by atoms with van der Waals surface area (Å²) in [5, 5.41) is 10.6. The fourth-order valence-corrected chi connectivity index (χ4v) is 0.919. The van der Waals surface area contributed by atoms with Crippen molar-refractivity contribution in [3.8, 4) is 0 Å². The monoisotopic (exact) mass is 213 g/mol. The van der Waals surface area contributed by atoms with Crippen LogP contribution in [0.3, 0.4) is 0 Å². The molecule has 0 unspecified atom stereocenters. The molecule has 6 heteroatoms. The minimum Gasteiger partial charge on any atom is -0.540 e. The maximum atomic E-state index is 10.9. The molecule has 1 amide bonds. The number of carboxylic acid groups (broad SMARTS) is 1. The Morgan fingerprint density at radius 3 is 2.57 bits per heavy atom. The molecule has 0 saturated heterocycles. The molecule has 0 fully saturated rings. The number of hydrogen-bond acceptors (Lipinski definition) is 4. The van der Waals surface area contributed by atoms with Crippen LogP contribution in [0.5, 0.6) is 0 Å².